The number of hydrogen-bond donors (Lipinski definition) is 1. The second-order valence-corrected chi connectivity index (χ2v) is 4.37. The van der Waals surface area contributed by atoms with E-state index in [0.29, 0.717) is 5.69 Å². The Hall–Kier alpha value is -2.54. The van der Waals surface area contributed by atoms with Crippen LogP contribution < -0.4 is 10.2 Å². The molecular weight excluding hydrogens is 241 g/mol. The number of nitrogens with zero attached hydrogens (tertiary/aromatic N) is 2. The Bertz CT molecular complexity index is 612. The fraction of sp³-hybridized carbons (Fsp3) is 0.133. The van der Waals surface area contributed by atoms with Crippen LogP contribution in [0.2, 0.25) is 0 Å². The molecule has 4 heteroatoms. The molecule has 0 saturated heterocycles. The minimum Gasteiger partial charge on any atom is -0.378 e. The molecule has 3 nitrogen and oxygen atoms in total. The van der Waals surface area contributed by atoms with Gasteiger partial charge >= 0.3 is 0 Å². The molecule has 0 atom stereocenters. The maximum atomic E-state index is 13.0. The largest absolute Gasteiger partial charge is 0.378 e. The number of hydrogen-bond acceptors (Lipinski definition) is 3. The summed E-state index contributed by atoms with van der Waals surface area (Å²) in [7, 11) is 3.94. The molecule has 0 aliphatic rings. The second kappa shape index (κ2) is 5.40. The number of anilines is 3. The van der Waals surface area contributed by atoms with Crippen LogP contribution in [0.25, 0.3) is 0 Å². The topological polar surface area (TPSA) is 39.1 Å². The molecule has 0 aliphatic heterocycles. The van der Waals surface area contributed by atoms with Crippen molar-refractivity contribution in [2.45, 2.75) is 0 Å². The van der Waals surface area contributed by atoms with E-state index in [4.69, 9.17) is 5.26 Å². The number of benzene rings is 2. The highest BCUT2D eigenvalue weighted by atomic mass is 19.1. The van der Waals surface area contributed by atoms with E-state index >= 15 is 0 Å². The predicted molar refractivity (Wildman–Crippen MR) is 75.2 cm³/mol. The lowest BCUT2D eigenvalue weighted by molar-refractivity contribution is 0.627. The first-order valence-electron chi connectivity index (χ1n) is 5.84. The van der Waals surface area contributed by atoms with Crippen molar-refractivity contribution in [2.24, 2.45) is 0 Å². The molecule has 2 aromatic carbocycles. The van der Waals surface area contributed by atoms with E-state index in [1.165, 1.54) is 12.1 Å². The molecule has 19 heavy (non-hydrogen) atoms. The molecule has 0 bridgehead atoms. The Morgan fingerprint density at radius 3 is 2.37 bits per heavy atom. The van der Waals surface area contributed by atoms with Crippen molar-refractivity contribution < 1.29 is 4.39 Å². The van der Waals surface area contributed by atoms with E-state index in [2.05, 4.69) is 5.32 Å². The molecule has 0 amide bonds. The van der Waals surface area contributed by atoms with Gasteiger partial charge in [0.05, 0.1) is 11.3 Å². The fourth-order valence-electron chi connectivity index (χ4n) is 1.72. The van der Waals surface area contributed by atoms with Gasteiger partial charge in [-0.15, -0.1) is 0 Å². The third-order valence-electron chi connectivity index (χ3n) is 2.76. The smallest absolute Gasteiger partial charge is 0.124 e. The van der Waals surface area contributed by atoms with Crippen LogP contribution in [-0.4, -0.2) is 14.1 Å². The van der Waals surface area contributed by atoms with Crippen LogP contribution in [0.3, 0.4) is 0 Å². The molecule has 0 radical (unpaired) electrons. The maximum Gasteiger partial charge on any atom is 0.124 e. The van der Waals surface area contributed by atoms with Crippen molar-refractivity contribution in [3.63, 3.8) is 0 Å². The maximum absolute atomic E-state index is 13.0. The van der Waals surface area contributed by atoms with Gasteiger partial charge in [0.2, 0.25) is 0 Å². The van der Waals surface area contributed by atoms with E-state index in [0.717, 1.165) is 11.4 Å². The highest BCUT2D eigenvalue weighted by Crippen LogP contribution is 2.23. The van der Waals surface area contributed by atoms with Crippen LogP contribution in [0.4, 0.5) is 21.5 Å². The predicted octanol–water partition coefficient (Wildman–Crippen LogP) is 3.51. The molecule has 0 aliphatic carbocycles. The molecule has 2 rings (SSSR count). The first kappa shape index (κ1) is 12.9. The third-order valence-corrected chi connectivity index (χ3v) is 2.76. The number of halogens is 1. The SMILES string of the molecule is CN(C)c1ccc(Nc2ccc(F)cc2C#N)cc1. The van der Waals surface area contributed by atoms with Gasteiger partial charge in [0.15, 0.2) is 0 Å². The van der Waals surface area contributed by atoms with Gasteiger partial charge < -0.3 is 10.2 Å². The van der Waals surface area contributed by atoms with E-state index < -0.39 is 5.82 Å². The molecule has 0 fully saturated rings. The minimum atomic E-state index is -0.412. The average Bonchev–Trinajstić information content (AvgIpc) is 2.41. The van der Waals surface area contributed by atoms with E-state index in [9.17, 15) is 4.39 Å². The van der Waals surface area contributed by atoms with Crippen molar-refractivity contribution in [3.05, 3.63) is 53.8 Å². The van der Waals surface area contributed by atoms with E-state index in [1.54, 1.807) is 6.07 Å². The zero-order chi connectivity index (χ0) is 13.8. The number of rotatable bonds is 3. The zero-order valence-electron chi connectivity index (χ0n) is 10.8. The highest BCUT2D eigenvalue weighted by Gasteiger charge is 2.04. The van der Waals surface area contributed by atoms with Crippen molar-refractivity contribution in [3.8, 4) is 6.07 Å². The zero-order valence-corrected chi connectivity index (χ0v) is 10.8. The quantitative estimate of drug-likeness (QED) is 0.912. The first-order valence-corrected chi connectivity index (χ1v) is 5.84. The molecular formula is C15H14FN3. The van der Waals surface area contributed by atoms with Crippen LogP contribution in [0.15, 0.2) is 42.5 Å². The van der Waals surface area contributed by atoms with Gasteiger partial charge in [-0.3, -0.25) is 0 Å². The molecule has 96 valence electrons. The lowest BCUT2D eigenvalue weighted by Gasteiger charge is -2.13. The van der Waals surface area contributed by atoms with Gasteiger partial charge in [-0.2, -0.15) is 5.26 Å². The first-order chi connectivity index (χ1) is 9.10. The third kappa shape index (κ3) is 3.02. The average molecular weight is 255 g/mol. The van der Waals surface area contributed by atoms with Crippen molar-refractivity contribution in [2.75, 3.05) is 24.3 Å². The van der Waals surface area contributed by atoms with Crippen LogP contribution in [0, 0.1) is 17.1 Å². The number of nitriles is 1. The van der Waals surface area contributed by atoms with Crippen LogP contribution in [0.5, 0.6) is 0 Å². The summed E-state index contributed by atoms with van der Waals surface area (Å²) >= 11 is 0. The Kier molecular flexibility index (Phi) is 3.67. The summed E-state index contributed by atoms with van der Waals surface area (Å²) < 4.78 is 13.0. The monoisotopic (exact) mass is 255 g/mol. The summed E-state index contributed by atoms with van der Waals surface area (Å²) in [5.41, 5.74) is 2.83. The van der Waals surface area contributed by atoms with Crippen LogP contribution in [0.1, 0.15) is 5.56 Å². The summed E-state index contributed by atoms with van der Waals surface area (Å²) in [6, 6.07) is 13.9. The van der Waals surface area contributed by atoms with E-state index in [1.807, 2.05) is 49.3 Å². The molecule has 1 N–H and O–H groups in total. The second-order valence-electron chi connectivity index (χ2n) is 4.37. The van der Waals surface area contributed by atoms with Crippen molar-refractivity contribution in [1.82, 2.24) is 0 Å². The molecule has 0 aromatic heterocycles. The van der Waals surface area contributed by atoms with Gasteiger partial charge in [0.1, 0.15) is 11.9 Å². The Morgan fingerprint density at radius 2 is 1.79 bits per heavy atom. The molecule has 2 aromatic rings. The van der Waals surface area contributed by atoms with Crippen LogP contribution in [-0.2, 0) is 0 Å². The summed E-state index contributed by atoms with van der Waals surface area (Å²) in [6.45, 7) is 0. The Labute approximate surface area is 111 Å². The molecule has 0 saturated carbocycles. The van der Waals surface area contributed by atoms with Crippen LogP contribution >= 0.6 is 0 Å². The van der Waals surface area contributed by atoms with Gasteiger partial charge in [0, 0.05) is 25.5 Å². The normalized spacial score (nSPS) is 9.79. The summed E-state index contributed by atoms with van der Waals surface area (Å²) in [5.74, 6) is -0.412. The molecule has 0 heterocycles. The summed E-state index contributed by atoms with van der Waals surface area (Å²) in [5, 5.41) is 12.1. The molecule has 0 spiro atoms. The lowest BCUT2D eigenvalue weighted by atomic mass is 10.1. The Morgan fingerprint density at radius 1 is 1.11 bits per heavy atom. The minimum absolute atomic E-state index is 0.289. The highest BCUT2D eigenvalue weighted by molar-refractivity contribution is 5.67. The summed E-state index contributed by atoms with van der Waals surface area (Å²) in [6.07, 6.45) is 0. The van der Waals surface area contributed by atoms with Gasteiger partial charge in [-0.1, -0.05) is 0 Å². The Balaban J connectivity index is 2.24. The van der Waals surface area contributed by atoms with Gasteiger partial charge in [-0.05, 0) is 42.5 Å². The molecule has 0 unspecified atom stereocenters. The standard InChI is InChI=1S/C15H14FN3/c1-19(2)14-6-4-13(5-7-14)18-15-8-3-12(16)9-11(15)10-17/h3-9,18H,1-2H3. The van der Waals surface area contributed by atoms with Gasteiger partial charge in [0.25, 0.3) is 0 Å². The number of nitrogens with one attached hydrogen (secondary N) is 1. The van der Waals surface area contributed by atoms with E-state index in [-0.39, 0.29) is 5.56 Å². The fourth-order valence-corrected chi connectivity index (χ4v) is 1.72. The van der Waals surface area contributed by atoms with Crippen molar-refractivity contribution in [1.29, 1.82) is 5.26 Å². The summed E-state index contributed by atoms with van der Waals surface area (Å²) in [4.78, 5) is 2.00. The van der Waals surface area contributed by atoms with Crippen molar-refractivity contribution >= 4 is 17.1 Å². The van der Waals surface area contributed by atoms with Gasteiger partial charge in [-0.25, -0.2) is 4.39 Å². The lowest BCUT2D eigenvalue weighted by Crippen LogP contribution is -2.08.